The molecule has 0 spiro atoms. The number of carbonyl (C=O) groups excluding carboxylic acids is 1. The number of carboxylic acid groups (broad SMARTS) is 1. The number of nitrogens with zero attached hydrogens (tertiary/aromatic N) is 4. The highest BCUT2D eigenvalue weighted by molar-refractivity contribution is 5.93. The first-order valence-electron chi connectivity index (χ1n) is 18.8. The summed E-state index contributed by atoms with van der Waals surface area (Å²) in [6.45, 7) is 0.786. The van der Waals surface area contributed by atoms with E-state index in [0.717, 1.165) is 56.1 Å². The Bertz CT molecular complexity index is 2230. The highest BCUT2D eigenvalue weighted by atomic mass is 19.1. The average Bonchev–Trinajstić information content (AvgIpc) is 3.67. The van der Waals surface area contributed by atoms with Crippen molar-refractivity contribution >= 4 is 17.6 Å². The van der Waals surface area contributed by atoms with Crippen LogP contribution in [0.3, 0.4) is 0 Å². The molecule has 0 unspecified atom stereocenters. The number of aliphatic hydroxyl groups excluding tert-OH is 1. The van der Waals surface area contributed by atoms with Gasteiger partial charge in [0, 0.05) is 61.8 Å². The zero-order valence-corrected chi connectivity index (χ0v) is 30.1. The predicted octanol–water partition coefficient (Wildman–Crippen LogP) is 6.14. The lowest BCUT2D eigenvalue weighted by molar-refractivity contribution is -0.145. The minimum Gasteiger partial charge on any atom is -0.481 e. The third-order valence-electron chi connectivity index (χ3n) is 11.7. The molecule has 3 aliphatic carbocycles. The summed E-state index contributed by atoms with van der Waals surface area (Å²) in [5.41, 5.74) is 13.8. The predicted molar refractivity (Wildman–Crippen MR) is 200 cm³/mol. The van der Waals surface area contributed by atoms with Crippen molar-refractivity contribution in [2.45, 2.75) is 75.0 Å². The van der Waals surface area contributed by atoms with E-state index < -0.39 is 41.6 Å². The van der Waals surface area contributed by atoms with Crippen LogP contribution in [0.1, 0.15) is 77.9 Å². The van der Waals surface area contributed by atoms with Crippen LogP contribution >= 0.6 is 0 Å². The Balaban J connectivity index is 0.000000163. The van der Waals surface area contributed by atoms with E-state index in [1.165, 1.54) is 39.9 Å². The molecule has 0 radical (unpaired) electrons. The van der Waals surface area contributed by atoms with Gasteiger partial charge < -0.3 is 25.8 Å². The number of aromatic nitrogens is 3. The van der Waals surface area contributed by atoms with Gasteiger partial charge in [0.15, 0.2) is 11.5 Å². The fourth-order valence-corrected chi connectivity index (χ4v) is 8.60. The van der Waals surface area contributed by atoms with E-state index in [1.807, 2.05) is 23.4 Å². The molecule has 1 saturated heterocycles. The van der Waals surface area contributed by atoms with Gasteiger partial charge in [-0.2, -0.15) is 0 Å². The molecule has 1 aliphatic heterocycles. The molecule has 3 heterocycles. The molecule has 0 bridgehead atoms. The third kappa shape index (κ3) is 7.09. The minimum atomic E-state index is -1.03. The lowest BCUT2D eigenvalue weighted by Gasteiger charge is -2.43. The molecule has 2 saturated carbocycles. The second-order valence-corrected chi connectivity index (χ2v) is 15.0. The zero-order valence-electron chi connectivity index (χ0n) is 30.1. The number of nitrogens with two attached hydrogens (primary N) is 1. The van der Waals surface area contributed by atoms with E-state index in [2.05, 4.69) is 56.8 Å². The summed E-state index contributed by atoms with van der Waals surface area (Å²) in [7, 11) is 0. The number of likely N-dealkylation sites (tertiary alicyclic amines) is 1. The monoisotopic (exact) mass is 748 g/mol. The fraction of sp³-hybridized carbons (Fsp3) is 0.357. The van der Waals surface area contributed by atoms with Crippen molar-refractivity contribution in [2.75, 3.05) is 18.8 Å². The average molecular weight is 749 g/mol. The molecule has 11 nitrogen and oxygen atoms in total. The zero-order chi connectivity index (χ0) is 38.3. The highest BCUT2D eigenvalue weighted by Crippen LogP contribution is 2.55. The quantitative estimate of drug-likeness (QED) is 0.139. The van der Waals surface area contributed by atoms with E-state index >= 15 is 0 Å². The van der Waals surface area contributed by atoms with Crippen LogP contribution in [0.2, 0.25) is 0 Å². The third-order valence-corrected chi connectivity index (χ3v) is 11.7. The van der Waals surface area contributed by atoms with Crippen LogP contribution in [0.5, 0.6) is 0 Å². The van der Waals surface area contributed by atoms with E-state index in [1.54, 1.807) is 0 Å². The Hall–Kier alpha value is -5.53. The number of hydrogen-bond acceptors (Lipinski definition) is 9. The molecule has 3 aromatic carbocycles. The SMILES string of the molecule is Nc1c(C2(c3ncccn3)CC2)ccc2c1Cc1ccccc1-2.O=C(N[C@@H]1CCN([C@@H]2CCCC[C@@H]2O)C[C@H]1C(=O)O)c1cc(-c2ccc(F)cc2F)on1. The molecule has 5 N–H and O–H groups in total. The first kappa shape index (κ1) is 36.4. The highest BCUT2D eigenvalue weighted by Gasteiger charge is 2.50. The molecule has 5 aromatic rings. The van der Waals surface area contributed by atoms with Crippen molar-refractivity contribution in [3.63, 3.8) is 0 Å². The summed E-state index contributed by atoms with van der Waals surface area (Å²) in [5.74, 6) is -3.23. The maximum Gasteiger partial charge on any atom is 0.309 e. The number of hydrogen-bond donors (Lipinski definition) is 4. The molecule has 55 heavy (non-hydrogen) atoms. The molecule has 1 amide bonds. The Labute approximate surface area is 316 Å². The number of rotatable bonds is 7. The number of halogens is 2. The van der Waals surface area contributed by atoms with E-state index in [9.17, 15) is 28.6 Å². The molecule has 3 fully saturated rings. The standard InChI is InChI=1S/C22H25F2N3O5.C20H17N3/c23-12-5-6-13(15(24)9-12)20-10-17(26-32-20)21(29)25-16-7-8-27(11-14(16)22(30)31)18-3-1-2-4-19(18)28;21-18-16-12-13-4-1-2-5-14(13)15(16)6-7-17(18)20(8-9-20)19-22-10-3-11-23-19/h5-6,9-10,14,16,18-19,28H,1-4,7-8,11H2,(H,25,29)(H,30,31);1-7,10-11H,8-9,12,21H2/t14-,16-,18-,19+;/m1./s1. The van der Waals surface area contributed by atoms with Crippen LogP contribution in [-0.2, 0) is 16.6 Å². The number of nitrogen functional groups attached to an aromatic ring is 1. The van der Waals surface area contributed by atoms with Crippen LogP contribution in [0.15, 0.2) is 83.6 Å². The summed E-state index contributed by atoms with van der Waals surface area (Å²) in [5, 5.41) is 26.4. The number of carbonyl (C=O) groups is 2. The van der Waals surface area contributed by atoms with Gasteiger partial charge in [-0.15, -0.1) is 0 Å². The molecule has 4 aliphatic rings. The summed E-state index contributed by atoms with van der Waals surface area (Å²) >= 11 is 0. The van der Waals surface area contributed by atoms with Gasteiger partial charge in [-0.05, 0) is 78.1 Å². The van der Waals surface area contributed by atoms with E-state index in [4.69, 9.17) is 10.3 Å². The maximum absolute atomic E-state index is 14.0. The smallest absolute Gasteiger partial charge is 0.309 e. The number of fused-ring (bicyclic) bond motifs is 3. The Morgan fingerprint density at radius 1 is 0.927 bits per heavy atom. The second kappa shape index (κ2) is 15.0. The number of nitrogens with one attached hydrogen (secondary N) is 1. The van der Waals surface area contributed by atoms with Gasteiger partial charge in [-0.1, -0.05) is 54.4 Å². The number of benzene rings is 3. The first-order valence-corrected chi connectivity index (χ1v) is 18.8. The number of piperidine rings is 1. The van der Waals surface area contributed by atoms with Gasteiger partial charge in [0.2, 0.25) is 0 Å². The number of aliphatic hydroxyl groups is 1. The minimum absolute atomic E-state index is 0.0384. The van der Waals surface area contributed by atoms with Crippen LogP contribution in [0, 0.1) is 17.6 Å². The molecule has 9 rings (SSSR count). The van der Waals surface area contributed by atoms with Gasteiger partial charge >= 0.3 is 5.97 Å². The lowest BCUT2D eigenvalue weighted by Crippen LogP contribution is -2.58. The molecule has 284 valence electrons. The number of amides is 1. The largest absolute Gasteiger partial charge is 0.481 e. The normalized spacial score (nSPS) is 22.5. The molecule has 4 atom stereocenters. The van der Waals surface area contributed by atoms with Crippen LogP contribution in [-0.4, -0.2) is 73.4 Å². The number of aliphatic carboxylic acids is 1. The Kier molecular flexibility index (Phi) is 9.91. The van der Waals surface area contributed by atoms with Gasteiger partial charge in [0.25, 0.3) is 5.91 Å². The van der Waals surface area contributed by atoms with Crippen LogP contribution in [0.4, 0.5) is 14.5 Å². The summed E-state index contributed by atoms with van der Waals surface area (Å²) in [6, 6.07) is 18.4. The lowest BCUT2D eigenvalue weighted by atomic mass is 9.86. The van der Waals surface area contributed by atoms with Crippen molar-refractivity contribution in [3.8, 4) is 22.5 Å². The second-order valence-electron chi connectivity index (χ2n) is 15.0. The molecule has 2 aromatic heterocycles. The Morgan fingerprint density at radius 3 is 2.44 bits per heavy atom. The fourth-order valence-electron chi connectivity index (χ4n) is 8.60. The van der Waals surface area contributed by atoms with Crippen molar-refractivity contribution in [1.82, 2.24) is 25.3 Å². The van der Waals surface area contributed by atoms with Crippen molar-refractivity contribution in [3.05, 3.63) is 119 Å². The summed E-state index contributed by atoms with van der Waals surface area (Å²) in [6.07, 6.45) is 10.2. The number of carboxylic acids is 1. The van der Waals surface area contributed by atoms with E-state index in [-0.39, 0.29) is 35.0 Å². The van der Waals surface area contributed by atoms with Gasteiger partial charge in [0.05, 0.1) is 23.0 Å². The van der Waals surface area contributed by atoms with Gasteiger partial charge in [-0.3, -0.25) is 14.5 Å². The summed E-state index contributed by atoms with van der Waals surface area (Å²) in [4.78, 5) is 35.6. The topological polar surface area (TPSA) is 168 Å². The Morgan fingerprint density at radius 2 is 1.69 bits per heavy atom. The van der Waals surface area contributed by atoms with Crippen molar-refractivity contribution in [2.24, 2.45) is 5.92 Å². The van der Waals surface area contributed by atoms with Crippen molar-refractivity contribution < 1.29 is 33.1 Å². The first-order chi connectivity index (χ1) is 26.6. The molecule has 13 heteroatoms. The summed E-state index contributed by atoms with van der Waals surface area (Å²) < 4.78 is 32.1. The van der Waals surface area contributed by atoms with Gasteiger partial charge in [-0.25, -0.2) is 18.7 Å². The molecular weight excluding hydrogens is 706 g/mol. The van der Waals surface area contributed by atoms with Crippen molar-refractivity contribution in [1.29, 1.82) is 0 Å². The molecular formula is C42H42F2N6O5. The van der Waals surface area contributed by atoms with Gasteiger partial charge in [0.1, 0.15) is 17.5 Å². The van der Waals surface area contributed by atoms with E-state index in [0.29, 0.717) is 25.5 Å². The van der Waals surface area contributed by atoms with Crippen LogP contribution < -0.4 is 11.1 Å². The van der Waals surface area contributed by atoms with Crippen LogP contribution in [0.25, 0.3) is 22.5 Å². The number of anilines is 1. The maximum atomic E-state index is 14.0.